The molecule has 0 spiro atoms. The summed E-state index contributed by atoms with van der Waals surface area (Å²) in [4.78, 5) is 4.54. The number of amidine groups is 1. The highest BCUT2D eigenvalue weighted by Gasteiger charge is 2.20. The van der Waals surface area contributed by atoms with Crippen molar-refractivity contribution in [3.63, 3.8) is 0 Å². The van der Waals surface area contributed by atoms with Gasteiger partial charge in [0.25, 0.3) is 0 Å². The molecule has 1 N–H and O–H groups in total. The van der Waals surface area contributed by atoms with Crippen LogP contribution in [0.2, 0.25) is 0 Å². The third kappa shape index (κ3) is 4.42. The molecular formula is C18H20N2O2S. The molecule has 0 saturated heterocycles. The van der Waals surface area contributed by atoms with Gasteiger partial charge in [-0.2, -0.15) is 0 Å². The molecule has 1 atom stereocenters. The van der Waals surface area contributed by atoms with E-state index in [1.54, 1.807) is 18.9 Å². The van der Waals surface area contributed by atoms with Crippen LogP contribution in [0.25, 0.3) is 0 Å². The third-order valence-electron chi connectivity index (χ3n) is 3.51. The van der Waals surface area contributed by atoms with Gasteiger partial charge in [0.05, 0.1) is 18.9 Å². The third-order valence-corrected chi connectivity index (χ3v) is 4.59. The van der Waals surface area contributed by atoms with Crippen LogP contribution in [0.3, 0.4) is 0 Å². The van der Waals surface area contributed by atoms with Crippen molar-refractivity contribution in [3.05, 3.63) is 54.1 Å². The van der Waals surface area contributed by atoms with E-state index in [0.29, 0.717) is 11.9 Å². The first kappa shape index (κ1) is 15.7. The molecule has 2 aromatic rings. The van der Waals surface area contributed by atoms with Crippen LogP contribution in [0.1, 0.15) is 5.56 Å². The van der Waals surface area contributed by atoms with E-state index in [1.807, 2.05) is 24.3 Å². The highest BCUT2D eigenvalue weighted by Crippen LogP contribution is 2.24. The molecule has 0 radical (unpaired) electrons. The lowest BCUT2D eigenvalue weighted by molar-refractivity contribution is 0.319. The molecule has 0 saturated carbocycles. The van der Waals surface area contributed by atoms with Crippen LogP contribution in [0.5, 0.6) is 11.5 Å². The van der Waals surface area contributed by atoms with Gasteiger partial charge in [-0.3, -0.25) is 4.99 Å². The molecule has 1 heterocycles. The summed E-state index contributed by atoms with van der Waals surface area (Å²) in [7, 11) is 1.66. The van der Waals surface area contributed by atoms with Crippen LogP contribution in [0.15, 0.2) is 53.5 Å². The molecular weight excluding hydrogens is 308 g/mol. The number of aliphatic imine (C=N–C) groups is 1. The standard InChI is InChI=1S/C18H20N2O2S/c1-13-3-5-14(6-4-13)20-18-19-11-17(23-18)12-22-16-9-7-15(21-2)8-10-16/h3-10,17H,11-12H2,1-2H3,(H,19,20)/t17-/m1/s1. The van der Waals surface area contributed by atoms with Crippen LogP contribution in [0, 0.1) is 6.92 Å². The Morgan fingerprint density at radius 3 is 2.48 bits per heavy atom. The molecule has 0 aliphatic carbocycles. The number of aryl methyl sites for hydroxylation is 1. The summed E-state index contributed by atoms with van der Waals surface area (Å²) in [6.07, 6.45) is 0. The maximum Gasteiger partial charge on any atom is 0.161 e. The number of hydrogen-bond donors (Lipinski definition) is 1. The van der Waals surface area contributed by atoms with E-state index < -0.39 is 0 Å². The van der Waals surface area contributed by atoms with Gasteiger partial charge in [0, 0.05) is 5.69 Å². The number of nitrogens with one attached hydrogen (secondary N) is 1. The lowest BCUT2D eigenvalue weighted by atomic mass is 10.2. The molecule has 0 amide bonds. The largest absolute Gasteiger partial charge is 0.497 e. The van der Waals surface area contributed by atoms with Crippen molar-refractivity contribution >= 4 is 22.6 Å². The van der Waals surface area contributed by atoms with Gasteiger partial charge in [0.2, 0.25) is 0 Å². The van der Waals surface area contributed by atoms with Gasteiger partial charge in [-0.15, -0.1) is 0 Å². The van der Waals surface area contributed by atoms with E-state index in [1.165, 1.54) is 5.56 Å². The molecule has 5 heteroatoms. The first-order valence-electron chi connectivity index (χ1n) is 7.54. The van der Waals surface area contributed by atoms with E-state index in [0.717, 1.165) is 28.9 Å². The molecule has 120 valence electrons. The topological polar surface area (TPSA) is 42.9 Å². The zero-order chi connectivity index (χ0) is 16.1. The number of anilines is 1. The summed E-state index contributed by atoms with van der Waals surface area (Å²) in [5, 5.41) is 4.65. The molecule has 23 heavy (non-hydrogen) atoms. The second-order valence-corrected chi connectivity index (χ2v) is 6.65. The summed E-state index contributed by atoms with van der Waals surface area (Å²) in [5.74, 6) is 1.69. The molecule has 2 aromatic carbocycles. The van der Waals surface area contributed by atoms with Crippen molar-refractivity contribution in [2.75, 3.05) is 25.6 Å². The second-order valence-electron chi connectivity index (χ2n) is 5.36. The van der Waals surface area contributed by atoms with Crippen LogP contribution in [0.4, 0.5) is 5.69 Å². The number of ether oxygens (including phenoxy) is 2. The molecule has 1 aliphatic rings. The van der Waals surface area contributed by atoms with Gasteiger partial charge in [-0.25, -0.2) is 0 Å². The monoisotopic (exact) mass is 328 g/mol. The normalized spacial score (nSPS) is 16.8. The van der Waals surface area contributed by atoms with Gasteiger partial charge < -0.3 is 14.8 Å². The van der Waals surface area contributed by atoms with Gasteiger partial charge in [-0.1, -0.05) is 29.5 Å². The number of nitrogens with zero attached hydrogens (tertiary/aromatic N) is 1. The van der Waals surface area contributed by atoms with Crippen molar-refractivity contribution in [3.8, 4) is 11.5 Å². The average molecular weight is 328 g/mol. The quantitative estimate of drug-likeness (QED) is 0.902. The van der Waals surface area contributed by atoms with Gasteiger partial charge in [-0.05, 0) is 43.3 Å². The Balaban J connectivity index is 1.46. The molecule has 3 rings (SSSR count). The Labute approximate surface area is 140 Å². The summed E-state index contributed by atoms with van der Waals surface area (Å²) in [6, 6.07) is 16.0. The fourth-order valence-electron chi connectivity index (χ4n) is 2.19. The van der Waals surface area contributed by atoms with Crippen LogP contribution in [-0.2, 0) is 0 Å². The van der Waals surface area contributed by atoms with E-state index in [2.05, 4.69) is 41.5 Å². The number of rotatable bonds is 5. The Bertz CT molecular complexity index is 668. The van der Waals surface area contributed by atoms with E-state index >= 15 is 0 Å². The van der Waals surface area contributed by atoms with Crippen LogP contribution in [-0.4, -0.2) is 30.7 Å². The summed E-state index contributed by atoms with van der Waals surface area (Å²) in [5.41, 5.74) is 2.32. The fraction of sp³-hybridized carbons (Fsp3) is 0.278. The molecule has 0 bridgehead atoms. The van der Waals surface area contributed by atoms with Crippen LogP contribution < -0.4 is 14.8 Å². The Morgan fingerprint density at radius 1 is 1.09 bits per heavy atom. The molecule has 0 aromatic heterocycles. The minimum Gasteiger partial charge on any atom is -0.497 e. The van der Waals surface area contributed by atoms with Crippen molar-refractivity contribution in [1.29, 1.82) is 0 Å². The molecule has 0 fully saturated rings. The van der Waals surface area contributed by atoms with Crippen molar-refractivity contribution in [2.24, 2.45) is 4.99 Å². The Hall–Kier alpha value is -2.14. The minimum absolute atomic E-state index is 0.338. The van der Waals surface area contributed by atoms with E-state index in [-0.39, 0.29) is 0 Å². The smallest absolute Gasteiger partial charge is 0.161 e. The van der Waals surface area contributed by atoms with Crippen molar-refractivity contribution < 1.29 is 9.47 Å². The van der Waals surface area contributed by atoms with E-state index in [9.17, 15) is 0 Å². The van der Waals surface area contributed by atoms with Gasteiger partial charge in [0.1, 0.15) is 18.1 Å². The lowest BCUT2D eigenvalue weighted by Gasteiger charge is -2.11. The number of benzene rings is 2. The average Bonchev–Trinajstić information content (AvgIpc) is 3.03. The molecule has 1 aliphatic heterocycles. The second kappa shape index (κ2) is 7.42. The zero-order valence-electron chi connectivity index (χ0n) is 13.3. The minimum atomic E-state index is 0.338. The molecule has 0 unspecified atom stereocenters. The SMILES string of the molecule is COc1ccc(OC[C@H]2CN=C(Nc3ccc(C)cc3)S2)cc1. The Kier molecular flexibility index (Phi) is 5.08. The predicted octanol–water partition coefficient (Wildman–Crippen LogP) is 3.97. The summed E-state index contributed by atoms with van der Waals surface area (Å²) < 4.78 is 11.0. The van der Waals surface area contributed by atoms with Crippen molar-refractivity contribution in [1.82, 2.24) is 0 Å². The summed E-state index contributed by atoms with van der Waals surface area (Å²) >= 11 is 1.73. The Morgan fingerprint density at radius 2 is 1.78 bits per heavy atom. The maximum atomic E-state index is 5.83. The number of methoxy groups -OCH3 is 1. The zero-order valence-corrected chi connectivity index (χ0v) is 14.1. The van der Waals surface area contributed by atoms with Crippen molar-refractivity contribution in [2.45, 2.75) is 12.2 Å². The molecule has 4 nitrogen and oxygen atoms in total. The number of hydrogen-bond acceptors (Lipinski definition) is 5. The lowest BCUT2D eigenvalue weighted by Crippen LogP contribution is -2.16. The predicted molar refractivity (Wildman–Crippen MR) is 97.0 cm³/mol. The highest BCUT2D eigenvalue weighted by atomic mass is 32.2. The first-order chi connectivity index (χ1) is 11.2. The highest BCUT2D eigenvalue weighted by molar-refractivity contribution is 8.15. The first-order valence-corrected chi connectivity index (χ1v) is 8.42. The summed E-state index contributed by atoms with van der Waals surface area (Å²) in [6.45, 7) is 3.49. The maximum absolute atomic E-state index is 5.83. The fourth-order valence-corrected chi connectivity index (χ4v) is 3.12. The van der Waals surface area contributed by atoms with Crippen LogP contribution >= 0.6 is 11.8 Å². The van der Waals surface area contributed by atoms with E-state index in [4.69, 9.17) is 9.47 Å². The van der Waals surface area contributed by atoms with Gasteiger partial charge >= 0.3 is 0 Å². The van der Waals surface area contributed by atoms with Gasteiger partial charge in [0.15, 0.2) is 5.17 Å². The number of thioether (sulfide) groups is 1.